The average Bonchev–Trinajstić information content (AvgIpc) is 2.30. The van der Waals surface area contributed by atoms with E-state index in [-0.39, 0.29) is 0 Å². The Hall–Kier alpha value is -1.42. The van der Waals surface area contributed by atoms with E-state index in [9.17, 15) is 11.7 Å². The van der Waals surface area contributed by atoms with Crippen LogP contribution in [0.2, 0.25) is 0 Å². The van der Waals surface area contributed by atoms with Crippen molar-refractivity contribution in [3.63, 3.8) is 0 Å². The van der Waals surface area contributed by atoms with Crippen molar-refractivity contribution in [1.29, 1.82) is 0 Å². The summed E-state index contributed by atoms with van der Waals surface area (Å²) in [5, 5.41) is 0. The van der Waals surface area contributed by atoms with Gasteiger partial charge in [0.1, 0.15) is 9.45 Å². The molecule has 0 N–H and O–H groups in total. The van der Waals surface area contributed by atoms with Gasteiger partial charge in [-0.05, 0) is 24.3 Å². The second-order valence-corrected chi connectivity index (χ2v) is 7.30. The van der Waals surface area contributed by atoms with E-state index < -0.39 is 19.2 Å². The first-order valence-corrected chi connectivity index (χ1v) is 7.14. The molecule has 0 aliphatic rings. The number of hydrogen-bond acceptors (Lipinski definition) is 0. The summed E-state index contributed by atoms with van der Waals surface area (Å²) in [4.78, 5) is -1.56. The molecule has 17 heavy (non-hydrogen) atoms. The Morgan fingerprint density at radius 1 is 0.647 bits per heavy atom. The van der Waals surface area contributed by atoms with Gasteiger partial charge in [0.05, 0.1) is 16.0 Å². The highest BCUT2D eigenvalue weighted by atomic mass is 32.4. The molecule has 0 unspecified atom stereocenters. The van der Waals surface area contributed by atoms with Crippen molar-refractivity contribution in [3.05, 3.63) is 66.9 Å². The molecule has 2 aromatic carbocycles. The van der Waals surface area contributed by atoms with Crippen LogP contribution in [-0.4, -0.2) is 0 Å². The minimum Gasteiger partial charge on any atom is -0.144 e. The topological polar surface area (TPSA) is 0 Å². The predicted octanol–water partition coefficient (Wildman–Crippen LogP) is 5.30. The molecule has 0 saturated carbocycles. The van der Waals surface area contributed by atoms with Gasteiger partial charge in [0.25, 0.3) is 0 Å². The van der Waals surface area contributed by atoms with Gasteiger partial charge in [-0.3, -0.25) is 0 Å². The Morgan fingerprint density at radius 3 is 1.24 bits per heavy atom. The zero-order valence-corrected chi connectivity index (χ0v) is 9.71. The van der Waals surface area contributed by atoms with Crippen molar-refractivity contribution in [2.24, 2.45) is 0 Å². The van der Waals surface area contributed by atoms with E-state index in [1.807, 2.05) is 0 Å². The van der Waals surface area contributed by atoms with Crippen molar-refractivity contribution < 1.29 is 11.7 Å². The first kappa shape index (κ1) is 12.0. The van der Waals surface area contributed by atoms with Crippen molar-refractivity contribution in [3.8, 4) is 0 Å². The maximum atomic E-state index is 14.5. The number of halogens is 3. The first-order chi connectivity index (χ1) is 7.74. The molecule has 4 heteroatoms. The van der Waals surface area contributed by atoms with Gasteiger partial charge in [0, 0.05) is 0 Å². The van der Waals surface area contributed by atoms with Crippen LogP contribution in [0, 0.1) is 6.26 Å². The Bertz CT molecular complexity index is 482. The predicted molar refractivity (Wildman–Crippen MR) is 64.6 cm³/mol. The Labute approximate surface area is 98.2 Å². The highest BCUT2D eigenvalue weighted by Gasteiger charge is 2.61. The van der Waals surface area contributed by atoms with Crippen LogP contribution in [0.5, 0.6) is 0 Å². The van der Waals surface area contributed by atoms with Crippen molar-refractivity contribution in [2.75, 3.05) is 0 Å². The van der Waals surface area contributed by atoms with E-state index in [2.05, 4.69) is 0 Å². The molecule has 0 bridgehead atoms. The van der Waals surface area contributed by atoms with E-state index in [1.165, 1.54) is 36.4 Å². The highest BCUT2D eigenvalue weighted by molar-refractivity contribution is 8.54. The van der Waals surface area contributed by atoms with Crippen LogP contribution < -0.4 is 0 Å². The van der Waals surface area contributed by atoms with E-state index in [0.29, 0.717) is 0 Å². The Balaban J connectivity index is 2.76. The fraction of sp³-hybridized carbons (Fsp3) is 0. The normalized spacial score (nSPS) is 16.0. The van der Waals surface area contributed by atoms with Gasteiger partial charge >= 0.3 is 0 Å². The molecular formula is C13H11F3S. The van der Waals surface area contributed by atoms with Crippen molar-refractivity contribution in [1.82, 2.24) is 0 Å². The minimum absolute atomic E-state index is 0.779. The van der Waals surface area contributed by atoms with Crippen LogP contribution in [-0.2, 0) is 0 Å². The molecule has 0 heterocycles. The lowest BCUT2D eigenvalue weighted by atomic mass is 10.4. The lowest BCUT2D eigenvalue weighted by Gasteiger charge is -2.54. The average molecular weight is 256 g/mol. The third-order valence-electron chi connectivity index (χ3n) is 2.53. The maximum absolute atomic E-state index is 14.5. The third-order valence-corrected chi connectivity index (χ3v) is 5.16. The fourth-order valence-electron chi connectivity index (χ4n) is 1.58. The summed E-state index contributed by atoms with van der Waals surface area (Å²) in [5.41, 5.74) is 0. The van der Waals surface area contributed by atoms with Gasteiger partial charge < -0.3 is 0 Å². The lowest BCUT2D eigenvalue weighted by Crippen LogP contribution is -2.16. The molecule has 2 aromatic rings. The molecule has 0 atom stereocenters. The highest BCUT2D eigenvalue weighted by Crippen LogP contribution is 3.02. The molecule has 2 radical (unpaired) electrons. The summed E-state index contributed by atoms with van der Waals surface area (Å²) in [7, 11) is -7.38. The molecule has 90 valence electrons. The van der Waals surface area contributed by atoms with Crippen molar-refractivity contribution in [2.45, 2.75) is 9.79 Å². The molecule has 0 aliphatic carbocycles. The Kier molecular flexibility index (Phi) is 2.18. The van der Waals surface area contributed by atoms with Crippen LogP contribution in [0.15, 0.2) is 70.5 Å². The van der Waals surface area contributed by atoms with Gasteiger partial charge in [-0.25, -0.2) is 0 Å². The number of rotatable bonds is 2. The zero-order valence-electron chi connectivity index (χ0n) is 8.89. The molecule has 0 saturated heterocycles. The largest absolute Gasteiger partial charge is 0.144 e. The fourth-order valence-corrected chi connectivity index (χ4v) is 3.37. The quantitative estimate of drug-likeness (QED) is 0.683. The molecular weight excluding hydrogens is 245 g/mol. The summed E-state index contributed by atoms with van der Waals surface area (Å²) in [6, 6.07) is 12.4. The van der Waals surface area contributed by atoms with E-state index in [1.54, 1.807) is 0 Å². The summed E-state index contributed by atoms with van der Waals surface area (Å²) in [6.45, 7) is 0. The summed E-state index contributed by atoms with van der Waals surface area (Å²) in [5.74, 6) is 0. The van der Waals surface area contributed by atoms with Gasteiger partial charge in [0.15, 0.2) is 0 Å². The van der Waals surface area contributed by atoms with E-state index in [0.717, 1.165) is 24.3 Å². The molecule has 0 fully saturated rings. The van der Waals surface area contributed by atoms with Crippen LogP contribution in [0.25, 0.3) is 0 Å². The Morgan fingerprint density at radius 2 is 0.941 bits per heavy atom. The molecule has 0 spiro atoms. The molecule has 0 aromatic heterocycles. The van der Waals surface area contributed by atoms with Crippen molar-refractivity contribution >= 4 is 9.45 Å². The first-order valence-electron chi connectivity index (χ1n) is 4.93. The molecule has 0 nitrogen and oxygen atoms in total. The number of hydrogen-bond donors (Lipinski definition) is 0. The SMILES string of the molecule is [CH]S(F)(F)(F)(c1ccccc1)c1ccccc1. The lowest BCUT2D eigenvalue weighted by molar-refractivity contribution is 0.556. The van der Waals surface area contributed by atoms with Crippen LogP contribution in [0.3, 0.4) is 0 Å². The monoisotopic (exact) mass is 256 g/mol. The van der Waals surface area contributed by atoms with E-state index in [4.69, 9.17) is 6.26 Å². The smallest absolute Gasteiger partial charge is 0.101 e. The molecule has 0 amide bonds. The van der Waals surface area contributed by atoms with Gasteiger partial charge in [-0.1, -0.05) is 36.4 Å². The second-order valence-electron chi connectivity index (χ2n) is 3.87. The third kappa shape index (κ3) is 1.93. The summed E-state index contributed by atoms with van der Waals surface area (Å²) in [6.07, 6.45) is 4.96. The van der Waals surface area contributed by atoms with Gasteiger partial charge in [-0.15, -0.1) is 11.7 Å². The maximum Gasteiger partial charge on any atom is 0.101 e. The standard InChI is InChI=1S/C13H11F3S/c1-17(14,15,16,12-8-4-2-5-9-12)13-10-6-3-7-11-13/h1-11H. The number of benzene rings is 2. The van der Waals surface area contributed by atoms with Crippen LogP contribution in [0.4, 0.5) is 11.7 Å². The van der Waals surface area contributed by atoms with Gasteiger partial charge in [-0.2, -0.15) is 0 Å². The molecule has 0 aliphatic heterocycles. The summed E-state index contributed by atoms with van der Waals surface area (Å²) < 4.78 is 43.5. The zero-order chi connectivity index (χ0) is 12.6. The summed E-state index contributed by atoms with van der Waals surface area (Å²) >= 11 is 0. The van der Waals surface area contributed by atoms with E-state index >= 15 is 0 Å². The van der Waals surface area contributed by atoms with Gasteiger partial charge in [0.2, 0.25) is 0 Å². The molecule has 2 rings (SSSR count). The van der Waals surface area contributed by atoms with Crippen LogP contribution in [0.1, 0.15) is 0 Å². The second kappa shape index (κ2) is 3.07. The van der Waals surface area contributed by atoms with Crippen LogP contribution >= 0.6 is 9.45 Å². The minimum atomic E-state index is -7.38.